The van der Waals surface area contributed by atoms with Crippen molar-refractivity contribution in [3.63, 3.8) is 0 Å². The van der Waals surface area contributed by atoms with Gasteiger partial charge in [0.05, 0.1) is 5.56 Å². The molecule has 0 spiro atoms. The molecule has 0 saturated carbocycles. The van der Waals surface area contributed by atoms with Gasteiger partial charge >= 0.3 is 0 Å². The van der Waals surface area contributed by atoms with E-state index in [1.165, 1.54) is 12.1 Å². The summed E-state index contributed by atoms with van der Waals surface area (Å²) >= 11 is 0. The van der Waals surface area contributed by atoms with Crippen molar-refractivity contribution in [1.82, 2.24) is 10.6 Å². The zero-order chi connectivity index (χ0) is 23.8. The first kappa shape index (κ1) is 23.2. The van der Waals surface area contributed by atoms with Crippen LogP contribution in [0.1, 0.15) is 34.3 Å². The van der Waals surface area contributed by atoms with Crippen LogP contribution in [0.15, 0.2) is 84.9 Å². The Kier molecular flexibility index (Phi) is 7.71. The third-order valence-electron chi connectivity index (χ3n) is 5.92. The molecule has 5 nitrogen and oxygen atoms in total. The Labute approximate surface area is 199 Å². The molecule has 1 aliphatic rings. The van der Waals surface area contributed by atoms with Gasteiger partial charge in [0.25, 0.3) is 5.91 Å². The number of nitrogens with zero attached hydrogens (tertiary/aromatic N) is 1. The average molecular weight is 458 g/mol. The van der Waals surface area contributed by atoms with Crippen LogP contribution in [-0.2, 0) is 11.3 Å². The lowest BCUT2D eigenvalue weighted by atomic mass is 10.0. The van der Waals surface area contributed by atoms with E-state index < -0.39 is 0 Å². The van der Waals surface area contributed by atoms with Gasteiger partial charge in [0, 0.05) is 37.4 Å². The Balaban J connectivity index is 1.31. The summed E-state index contributed by atoms with van der Waals surface area (Å²) in [7, 11) is 0. The summed E-state index contributed by atoms with van der Waals surface area (Å²) in [5, 5.41) is 6.01. The van der Waals surface area contributed by atoms with Gasteiger partial charge in [0.2, 0.25) is 5.91 Å². The van der Waals surface area contributed by atoms with E-state index >= 15 is 0 Å². The number of halogens is 1. The number of rotatable bonds is 7. The summed E-state index contributed by atoms with van der Waals surface area (Å²) in [6, 6.07) is 23.5. The van der Waals surface area contributed by atoms with Crippen LogP contribution in [0.3, 0.4) is 0 Å². The number of amides is 2. The molecule has 3 aromatic rings. The molecule has 4 rings (SSSR count). The predicted octanol–water partition coefficient (Wildman–Crippen LogP) is 4.55. The molecular weight excluding hydrogens is 429 g/mol. The summed E-state index contributed by atoms with van der Waals surface area (Å²) in [6.45, 7) is 1.82. The Morgan fingerprint density at radius 3 is 2.32 bits per heavy atom. The number of hydrogen-bond acceptors (Lipinski definition) is 3. The second kappa shape index (κ2) is 11.3. The van der Waals surface area contributed by atoms with E-state index in [4.69, 9.17) is 0 Å². The fourth-order valence-corrected chi connectivity index (χ4v) is 4.07. The van der Waals surface area contributed by atoms with Crippen LogP contribution in [0.2, 0.25) is 0 Å². The Bertz CT molecular complexity index is 1140. The van der Waals surface area contributed by atoms with Crippen LogP contribution in [0.25, 0.3) is 6.08 Å². The second-order valence-corrected chi connectivity index (χ2v) is 8.34. The molecule has 34 heavy (non-hydrogen) atoms. The largest absolute Gasteiger partial charge is 0.371 e. The van der Waals surface area contributed by atoms with Gasteiger partial charge in [-0.05, 0) is 54.3 Å². The van der Waals surface area contributed by atoms with Crippen LogP contribution in [0.4, 0.5) is 10.1 Å². The number of para-hydroxylation sites is 1. The number of piperidine rings is 1. The lowest BCUT2D eigenvalue weighted by Crippen LogP contribution is -2.44. The second-order valence-electron chi connectivity index (χ2n) is 8.34. The van der Waals surface area contributed by atoms with E-state index in [0.29, 0.717) is 12.1 Å². The van der Waals surface area contributed by atoms with Gasteiger partial charge in [0.15, 0.2) is 0 Å². The summed E-state index contributed by atoms with van der Waals surface area (Å²) < 4.78 is 13.1. The number of hydrogen-bond donors (Lipinski definition) is 2. The van der Waals surface area contributed by atoms with Gasteiger partial charge < -0.3 is 15.5 Å². The molecule has 1 heterocycles. The molecule has 174 valence electrons. The van der Waals surface area contributed by atoms with E-state index in [-0.39, 0.29) is 23.7 Å². The fourth-order valence-electron chi connectivity index (χ4n) is 4.07. The van der Waals surface area contributed by atoms with E-state index in [1.54, 1.807) is 18.2 Å². The lowest BCUT2D eigenvalue weighted by molar-refractivity contribution is -0.117. The molecule has 3 aromatic carbocycles. The summed E-state index contributed by atoms with van der Waals surface area (Å²) in [5.74, 6) is -0.559. The van der Waals surface area contributed by atoms with Crippen molar-refractivity contribution in [2.24, 2.45) is 0 Å². The SMILES string of the molecule is O=C(C=Cc1ccccc1)NC1CCN(c2ccccc2C(=O)NCc2ccc(F)cc2)CC1. The van der Waals surface area contributed by atoms with Crippen molar-refractivity contribution in [3.05, 3.63) is 107 Å². The molecule has 1 aliphatic heterocycles. The highest BCUT2D eigenvalue weighted by molar-refractivity contribution is 5.99. The van der Waals surface area contributed by atoms with Crippen molar-refractivity contribution in [2.45, 2.75) is 25.4 Å². The molecule has 1 fully saturated rings. The highest BCUT2D eigenvalue weighted by atomic mass is 19.1. The molecule has 0 aliphatic carbocycles. The summed E-state index contributed by atoms with van der Waals surface area (Å²) in [5.41, 5.74) is 3.32. The van der Waals surface area contributed by atoms with E-state index in [9.17, 15) is 14.0 Å². The maximum Gasteiger partial charge on any atom is 0.253 e. The molecule has 0 aromatic heterocycles. The molecule has 2 N–H and O–H groups in total. The minimum absolute atomic E-state index is 0.0946. The van der Waals surface area contributed by atoms with Crippen molar-refractivity contribution in [2.75, 3.05) is 18.0 Å². The molecular formula is C28H28FN3O2. The van der Waals surface area contributed by atoms with Gasteiger partial charge in [-0.2, -0.15) is 0 Å². The maximum absolute atomic E-state index is 13.1. The molecule has 0 unspecified atom stereocenters. The monoisotopic (exact) mass is 457 g/mol. The minimum Gasteiger partial charge on any atom is -0.371 e. The van der Waals surface area contributed by atoms with Crippen molar-refractivity contribution < 1.29 is 14.0 Å². The normalized spacial score (nSPS) is 14.2. The Hall–Kier alpha value is -3.93. The molecule has 0 bridgehead atoms. The van der Waals surface area contributed by atoms with Crippen LogP contribution in [-0.4, -0.2) is 30.9 Å². The van der Waals surface area contributed by atoms with E-state index in [2.05, 4.69) is 15.5 Å². The molecule has 6 heteroatoms. The lowest BCUT2D eigenvalue weighted by Gasteiger charge is -2.34. The van der Waals surface area contributed by atoms with E-state index in [0.717, 1.165) is 42.7 Å². The van der Waals surface area contributed by atoms with Crippen LogP contribution >= 0.6 is 0 Å². The average Bonchev–Trinajstić information content (AvgIpc) is 2.88. The Morgan fingerprint density at radius 1 is 0.912 bits per heavy atom. The van der Waals surface area contributed by atoms with Crippen LogP contribution in [0.5, 0.6) is 0 Å². The summed E-state index contributed by atoms with van der Waals surface area (Å²) in [6.07, 6.45) is 4.99. The number of carbonyl (C=O) groups is 2. The first-order chi connectivity index (χ1) is 16.6. The zero-order valence-corrected chi connectivity index (χ0v) is 18.9. The molecule has 1 saturated heterocycles. The fraction of sp³-hybridized carbons (Fsp3) is 0.214. The number of anilines is 1. The van der Waals surface area contributed by atoms with Crippen LogP contribution < -0.4 is 15.5 Å². The summed E-state index contributed by atoms with van der Waals surface area (Å²) in [4.78, 5) is 27.4. The number of nitrogens with one attached hydrogen (secondary N) is 2. The van der Waals surface area contributed by atoms with Gasteiger partial charge in [-0.25, -0.2) is 4.39 Å². The Morgan fingerprint density at radius 2 is 1.59 bits per heavy atom. The standard InChI is InChI=1S/C28H28FN3O2/c29-23-13-10-22(11-14-23)20-30-28(34)25-8-4-5-9-26(25)32-18-16-24(17-19-32)31-27(33)15-12-21-6-2-1-3-7-21/h1-15,24H,16-20H2,(H,30,34)(H,31,33). The quantitative estimate of drug-likeness (QED) is 0.512. The molecule has 0 atom stereocenters. The third-order valence-corrected chi connectivity index (χ3v) is 5.92. The van der Waals surface area contributed by atoms with Crippen molar-refractivity contribution in [1.29, 1.82) is 0 Å². The highest BCUT2D eigenvalue weighted by Gasteiger charge is 2.23. The van der Waals surface area contributed by atoms with E-state index in [1.807, 2.05) is 60.7 Å². The topological polar surface area (TPSA) is 61.4 Å². The van der Waals surface area contributed by atoms with Crippen LogP contribution in [0, 0.1) is 5.82 Å². The number of carbonyl (C=O) groups excluding carboxylic acids is 2. The highest BCUT2D eigenvalue weighted by Crippen LogP contribution is 2.24. The van der Waals surface area contributed by atoms with Gasteiger partial charge in [0.1, 0.15) is 5.82 Å². The first-order valence-corrected chi connectivity index (χ1v) is 11.5. The first-order valence-electron chi connectivity index (χ1n) is 11.5. The predicted molar refractivity (Wildman–Crippen MR) is 133 cm³/mol. The third kappa shape index (κ3) is 6.32. The minimum atomic E-state index is -0.299. The van der Waals surface area contributed by atoms with Gasteiger partial charge in [-0.3, -0.25) is 9.59 Å². The maximum atomic E-state index is 13.1. The van der Waals surface area contributed by atoms with Gasteiger partial charge in [-0.1, -0.05) is 54.6 Å². The van der Waals surface area contributed by atoms with Crippen molar-refractivity contribution in [3.8, 4) is 0 Å². The zero-order valence-electron chi connectivity index (χ0n) is 18.9. The van der Waals surface area contributed by atoms with Gasteiger partial charge in [-0.15, -0.1) is 0 Å². The van der Waals surface area contributed by atoms with Crippen molar-refractivity contribution >= 4 is 23.6 Å². The number of benzene rings is 3. The molecule has 2 amide bonds. The molecule has 0 radical (unpaired) electrons. The smallest absolute Gasteiger partial charge is 0.253 e.